The van der Waals surface area contributed by atoms with Crippen molar-refractivity contribution in [3.63, 3.8) is 0 Å². The van der Waals surface area contributed by atoms with Crippen LogP contribution in [-0.2, 0) is 9.59 Å². The van der Waals surface area contributed by atoms with E-state index in [9.17, 15) is 23.6 Å². The van der Waals surface area contributed by atoms with Crippen LogP contribution in [0.2, 0.25) is 5.02 Å². The lowest BCUT2D eigenvalue weighted by Crippen LogP contribution is -2.23. The van der Waals surface area contributed by atoms with Crippen molar-refractivity contribution >= 4 is 46.6 Å². The summed E-state index contributed by atoms with van der Waals surface area (Å²) < 4.78 is 18.7. The molecule has 0 spiro atoms. The van der Waals surface area contributed by atoms with Gasteiger partial charge in [0.15, 0.2) is 0 Å². The molecule has 0 radical (unpaired) electrons. The van der Waals surface area contributed by atoms with Gasteiger partial charge in [-0.15, -0.1) is 0 Å². The van der Waals surface area contributed by atoms with Crippen LogP contribution in [-0.4, -0.2) is 28.3 Å². The van der Waals surface area contributed by atoms with Crippen LogP contribution in [0.15, 0.2) is 70.0 Å². The molecule has 1 atom stereocenters. The van der Waals surface area contributed by atoms with Gasteiger partial charge in [-0.1, -0.05) is 23.7 Å². The number of carboxylic acids is 1. The van der Waals surface area contributed by atoms with Crippen LogP contribution in [0, 0.1) is 5.82 Å². The molecule has 0 bridgehead atoms. The van der Waals surface area contributed by atoms with Gasteiger partial charge in [-0.3, -0.25) is 4.79 Å². The summed E-state index contributed by atoms with van der Waals surface area (Å²) in [5.41, 5.74) is 0.313. The van der Waals surface area contributed by atoms with Gasteiger partial charge in [0.25, 0.3) is 0 Å². The second kappa shape index (κ2) is 9.24. The van der Waals surface area contributed by atoms with E-state index in [4.69, 9.17) is 21.1 Å². The molecule has 0 saturated carbocycles. The fourth-order valence-electron chi connectivity index (χ4n) is 3.43. The van der Waals surface area contributed by atoms with Gasteiger partial charge in [0, 0.05) is 28.8 Å². The van der Waals surface area contributed by atoms with Crippen LogP contribution in [0.1, 0.15) is 21.8 Å². The van der Waals surface area contributed by atoms with Crippen LogP contribution in [0.5, 0.6) is 0 Å². The lowest BCUT2D eigenvalue weighted by atomic mass is 9.95. The number of aromatic nitrogens is 1. The van der Waals surface area contributed by atoms with Crippen molar-refractivity contribution < 1.29 is 28.3 Å². The van der Waals surface area contributed by atoms with Crippen molar-refractivity contribution in [2.45, 2.75) is 5.92 Å². The Kier molecular flexibility index (Phi) is 6.20. The molecule has 0 aliphatic rings. The first kappa shape index (κ1) is 22.8. The topological polar surface area (TPSA) is 127 Å². The maximum atomic E-state index is 13.5. The molecular formula is C24H14ClFN2O6. The number of carboxylic acid groups (broad SMARTS) is 1. The van der Waals surface area contributed by atoms with E-state index in [2.05, 4.69) is 10.3 Å². The highest BCUT2D eigenvalue weighted by atomic mass is 35.5. The number of amides is 1. The van der Waals surface area contributed by atoms with Crippen LogP contribution in [0.25, 0.3) is 22.1 Å². The van der Waals surface area contributed by atoms with Crippen molar-refractivity contribution in [1.82, 2.24) is 4.98 Å². The Morgan fingerprint density at radius 3 is 2.59 bits per heavy atom. The standard InChI is InChI=1S/C24H14ClFN2O6/c25-19-9-14(26)2-4-15(19)17-10-22(30)34-20-7-12(1-3-16(17)20)18(11-29)23(31)28-21-8-13(24(32)33)5-6-27-21/h1-11,18H,(H,32,33)(H,27,28,31)/t18-/m0/s1. The van der Waals surface area contributed by atoms with Crippen molar-refractivity contribution in [2.75, 3.05) is 5.32 Å². The quantitative estimate of drug-likeness (QED) is 0.240. The van der Waals surface area contributed by atoms with Crippen LogP contribution in [0.4, 0.5) is 10.2 Å². The maximum absolute atomic E-state index is 13.5. The molecule has 2 aromatic heterocycles. The van der Waals surface area contributed by atoms with Gasteiger partial charge in [-0.25, -0.2) is 19.0 Å². The van der Waals surface area contributed by atoms with E-state index in [0.29, 0.717) is 22.8 Å². The maximum Gasteiger partial charge on any atom is 0.336 e. The number of nitrogens with zero attached hydrogens (tertiary/aromatic N) is 1. The van der Waals surface area contributed by atoms with Gasteiger partial charge >= 0.3 is 11.6 Å². The summed E-state index contributed by atoms with van der Waals surface area (Å²) >= 11 is 6.16. The molecule has 8 nitrogen and oxygen atoms in total. The highest BCUT2D eigenvalue weighted by Crippen LogP contribution is 2.34. The molecule has 0 aliphatic heterocycles. The average Bonchev–Trinajstić information content (AvgIpc) is 2.79. The lowest BCUT2D eigenvalue weighted by Gasteiger charge is -2.13. The molecule has 4 aromatic rings. The Hall–Kier alpha value is -4.37. The zero-order valence-corrected chi connectivity index (χ0v) is 17.9. The molecule has 34 heavy (non-hydrogen) atoms. The molecule has 0 unspecified atom stereocenters. The molecule has 10 heteroatoms. The van der Waals surface area contributed by atoms with Gasteiger partial charge in [0.1, 0.15) is 29.4 Å². The highest BCUT2D eigenvalue weighted by Gasteiger charge is 2.22. The SMILES string of the molecule is O=C[C@H](C(=O)Nc1cc(C(=O)O)ccn1)c1ccc2c(-c3ccc(F)cc3Cl)cc(=O)oc2c1. The van der Waals surface area contributed by atoms with E-state index in [0.717, 1.165) is 12.1 Å². The molecule has 1 amide bonds. The first-order chi connectivity index (χ1) is 16.3. The first-order valence-electron chi connectivity index (χ1n) is 9.75. The van der Waals surface area contributed by atoms with Crippen molar-refractivity contribution in [1.29, 1.82) is 0 Å². The Morgan fingerprint density at radius 2 is 1.88 bits per heavy atom. The summed E-state index contributed by atoms with van der Waals surface area (Å²) in [6, 6.07) is 11.8. The van der Waals surface area contributed by atoms with E-state index in [1.165, 1.54) is 42.6 Å². The minimum atomic E-state index is -1.30. The molecule has 2 aromatic carbocycles. The Bertz CT molecular complexity index is 1520. The Labute approximate surface area is 195 Å². The monoisotopic (exact) mass is 480 g/mol. The van der Waals surface area contributed by atoms with Crippen molar-refractivity contribution in [3.05, 3.63) is 93.2 Å². The smallest absolute Gasteiger partial charge is 0.336 e. The third kappa shape index (κ3) is 4.55. The van der Waals surface area contributed by atoms with Crippen LogP contribution < -0.4 is 10.9 Å². The highest BCUT2D eigenvalue weighted by molar-refractivity contribution is 6.33. The lowest BCUT2D eigenvalue weighted by molar-refractivity contribution is -0.122. The number of hydrogen-bond donors (Lipinski definition) is 2. The zero-order valence-electron chi connectivity index (χ0n) is 17.1. The van der Waals surface area contributed by atoms with Gasteiger partial charge in [0.05, 0.1) is 10.6 Å². The number of carbonyl (C=O) groups excluding carboxylic acids is 2. The normalized spacial score (nSPS) is 11.7. The number of hydrogen-bond acceptors (Lipinski definition) is 6. The first-order valence-corrected chi connectivity index (χ1v) is 10.1. The number of nitrogens with one attached hydrogen (secondary N) is 1. The fraction of sp³-hybridized carbons (Fsp3) is 0.0417. The van der Waals surface area contributed by atoms with Gasteiger partial charge in [0.2, 0.25) is 5.91 Å². The number of rotatable bonds is 6. The minimum absolute atomic E-state index is 0.0442. The number of halogens is 2. The Morgan fingerprint density at radius 1 is 1.09 bits per heavy atom. The van der Waals surface area contributed by atoms with Gasteiger partial charge in [-0.05, 0) is 42.0 Å². The third-order valence-electron chi connectivity index (χ3n) is 5.03. The zero-order chi connectivity index (χ0) is 24.4. The molecule has 0 saturated heterocycles. The molecule has 4 rings (SSSR count). The van der Waals surface area contributed by atoms with E-state index >= 15 is 0 Å². The van der Waals surface area contributed by atoms with Gasteiger partial charge < -0.3 is 19.6 Å². The summed E-state index contributed by atoms with van der Waals surface area (Å²) in [5, 5.41) is 12.0. The van der Waals surface area contributed by atoms with Crippen molar-refractivity contribution in [3.8, 4) is 11.1 Å². The summed E-state index contributed by atoms with van der Waals surface area (Å²) in [6.45, 7) is 0. The van der Waals surface area contributed by atoms with Crippen LogP contribution in [0.3, 0.4) is 0 Å². The van der Waals surface area contributed by atoms with Gasteiger partial charge in [-0.2, -0.15) is 0 Å². The minimum Gasteiger partial charge on any atom is -0.478 e. The second-order valence-electron chi connectivity index (χ2n) is 7.20. The van der Waals surface area contributed by atoms with E-state index in [1.807, 2.05) is 0 Å². The van der Waals surface area contributed by atoms with E-state index in [1.54, 1.807) is 6.07 Å². The molecular weight excluding hydrogens is 467 g/mol. The molecule has 0 fully saturated rings. The predicted octanol–water partition coefficient (Wildman–Crippen LogP) is 4.27. The predicted molar refractivity (Wildman–Crippen MR) is 122 cm³/mol. The number of benzene rings is 2. The summed E-state index contributed by atoms with van der Waals surface area (Å²) in [6.07, 6.45) is 1.61. The second-order valence-corrected chi connectivity index (χ2v) is 7.60. The van der Waals surface area contributed by atoms with Crippen molar-refractivity contribution in [2.24, 2.45) is 0 Å². The summed E-state index contributed by atoms with van der Waals surface area (Å²) in [4.78, 5) is 51.7. The van der Waals surface area contributed by atoms with Crippen LogP contribution >= 0.6 is 11.6 Å². The Balaban J connectivity index is 1.72. The number of carbonyl (C=O) groups is 3. The molecule has 2 heterocycles. The van der Waals surface area contributed by atoms with E-state index in [-0.39, 0.29) is 27.6 Å². The largest absolute Gasteiger partial charge is 0.478 e. The number of fused-ring (bicyclic) bond motifs is 1. The van der Waals surface area contributed by atoms with E-state index < -0.39 is 29.2 Å². The fourth-order valence-corrected chi connectivity index (χ4v) is 3.70. The number of anilines is 1. The average molecular weight is 481 g/mol. The number of pyridine rings is 1. The summed E-state index contributed by atoms with van der Waals surface area (Å²) in [7, 11) is 0. The number of aldehydes is 1. The third-order valence-corrected chi connectivity index (χ3v) is 5.34. The molecule has 0 aliphatic carbocycles. The number of aromatic carboxylic acids is 1. The molecule has 2 N–H and O–H groups in total. The molecule has 170 valence electrons. The summed E-state index contributed by atoms with van der Waals surface area (Å²) in [5.74, 6) is -3.84.